The molecule has 1 rings (SSSR count). The predicted octanol–water partition coefficient (Wildman–Crippen LogP) is 4.41. The molecule has 0 spiro atoms. The lowest BCUT2D eigenvalue weighted by atomic mass is 9.96. The number of hydrogen-bond acceptors (Lipinski definition) is 1. The third kappa shape index (κ3) is 3.55. The second kappa shape index (κ2) is 7.32. The molecule has 1 aromatic rings. The van der Waals surface area contributed by atoms with Crippen molar-refractivity contribution in [1.82, 2.24) is 0 Å². The first-order valence-electron chi connectivity index (χ1n) is 6.62. The number of rotatable bonds is 7. The Bertz CT molecular complexity index is 304. The minimum Gasteiger partial charge on any atom is -0.388 e. The van der Waals surface area contributed by atoms with Crippen molar-refractivity contribution >= 4 is 5.69 Å². The Morgan fingerprint density at radius 2 is 1.69 bits per heavy atom. The molecule has 0 unspecified atom stereocenters. The number of anilines is 1. The summed E-state index contributed by atoms with van der Waals surface area (Å²) in [7, 11) is 2.02. The maximum atomic E-state index is 3.32. The van der Waals surface area contributed by atoms with E-state index in [1.165, 1.54) is 44.2 Å². The average Bonchev–Trinajstić information content (AvgIpc) is 2.33. The van der Waals surface area contributed by atoms with Gasteiger partial charge in [0.05, 0.1) is 0 Å². The monoisotopic (exact) mass is 219 g/mol. The van der Waals surface area contributed by atoms with Gasteiger partial charge in [-0.1, -0.05) is 38.8 Å². The lowest BCUT2D eigenvalue weighted by Crippen LogP contribution is -2.01. The third-order valence-corrected chi connectivity index (χ3v) is 3.12. The van der Waals surface area contributed by atoms with Crippen LogP contribution in [0.4, 0.5) is 5.69 Å². The van der Waals surface area contributed by atoms with Crippen LogP contribution in [0.3, 0.4) is 0 Å². The zero-order valence-electron chi connectivity index (χ0n) is 11.0. The fourth-order valence-corrected chi connectivity index (χ4v) is 2.12. The molecule has 0 aliphatic carbocycles. The molecule has 0 fully saturated rings. The average molecular weight is 219 g/mol. The van der Waals surface area contributed by atoms with E-state index in [0.717, 1.165) is 0 Å². The van der Waals surface area contributed by atoms with Gasteiger partial charge in [-0.05, 0) is 42.9 Å². The first kappa shape index (κ1) is 13.1. The van der Waals surface area contributed by atoms with Crippen LogP contribution in [0.5, 0.6) is 0 Å². The van der Waals surface area contributed by atoms with Crippen molar-refractivity contribution in [2.75, 3.05) is 12.4 Å². The van der Waals surface area contributed by atoms with Crippen molar-refractivity contribution < 1.29 is 0 Å². The molecule has 0 saturated carbocycles. The number of hydrogen-bond donors (Lipinski definition) is 1. The number of benzene rings is 1. The summed E-state index contributed by atoms with van der Waals surface area (Å²) in [5, 5.41) is 3.32. The Morgan fingerprint density at radius 3 is 2.31 bits per heavy atom. The van der Waals surface area contributed by atoms with Gasteiger partial charge in [0.15, 0.2) is 0 Å². The molecule has 90 valence electrons. The van der Waals surface area contributed by atoms with E-state index in [0.29, 0.717) is 0 Å². The molecule has 0 heterocycles. The molecule has 1 heteroatoms. The maximum absolute atomic E-state index is 3.32. The van der Waals surface area contributed by atoms with Crippen LogP contribution in [0.2, 0.25) is 0 Å². The third-order valence-electron chi connectivity index (χ3n) is 3.12. The van der Waals surface area contributed by atoms with Crippen LogP contribution in [-0.4, -0.2) is 7.05 Å². The van der Waals surface area contributed by atoms with Crippen LogP contribution in [0, 0.1) is 0 Å². The van der Waals surface area contributed by atoms with E-state index >= 15 is 0 Å². The van der Waals surface area contributed by atoms with Crippen LogP contribution < -0.4 is 5.32 Å². The Morgan fingerprint density at radius 1 is 1.00 bits per heavy atom. The van der Waals surface area contributed by atoms with Gasteiger partial charge < -0.3 is 5.32 Å². The molecule has 1 N–H and O–H groups in total. The highest BCUT2D eigenvalue weighted by Gasteiger charge is 2.06. The van der Waals surface area contributed by atoms with E-state index in [-0.39, 0.29) is 0 Å². The lowest BCUT2D eigenvalue weighted by Gasteiger charge is -2.14. The van der Waals surface area contributed by atoms with Gasteiger partial charge >= 0.3 is 0 Å². The van der Waals surface area contributed by atoms with E-state index in [1.807, 2.05) is 7.05 Å². The molecule has 1 aromatic carbocycles. The van der Waals surface area contributed by atoms with Crippen LogP contribution >= 0.6 is 0 Å². The Hall–Kier alpha value is -0.980. The molecule has 0 aliphatic rings. The van der Waals surface area contributed by atoms with E-state index in [1.54, 1.807) is 11.1 Å². The van der Waals surface area contributed by atoms with E-state index in [2.05, 4.69) is 37.4 Å². The topological polar surface area (TPSA) is 12.0 Å². The first-order valence-corrected chi connectivity index (χ1v) is 6.62. The normalized spacial score (nSPS) is 10.4. The Balaban J connectivity index is 2.86. The highest BCUT2D eigenvalue weighted by molar-refractivity contribution is 5.54. The molecule has 0 aliphatic heterocycles. The van der Waals surface area contributed by atoms with Crippen molar-refractivity contribution in [2.24, 2.45) is 0 Å². The lowest BCUT2D eigenvalue weighted by molar-refractivity contribution is 0.759. The zero-order chi connectivity index (χ0) is 11.8. The molecule has 0 saturated heterocycles. The maximum Gasteiger partial charge on any atom is 0.0372 e. The van der Waals surface area contributed by atoms with Crippen molar-refractivity contribution in [1.29, 1.82) is 0 Å². The summed E-state index contributed by atoms with van der Waals surface area (Å²) in [6, 6.07) is 6.66. The fraction of sp³-hybridized carbons (Fsp3) is 0.600. The van der Waals surface area contributed by atoms with E-state index in [4.69, 9.17) is 0 Å². The highest BCUT2D eigenvalue weighted by atomic mass is 14.8. The molecular weight excluding hydrogens is 194 g/mol. The molecule has 0 aromatic heterocycles. The van der Waals surface area contributed by atoms with E-state index in [9.17, 15) is 0 Å². The van der Waals surface area contributed by atoms with Gasteiger partial charge in [0.25, 0.3) is 0 Å². The molecule has 0 atom stereocenters. The molecule has 0 amide bonds. The summed E-state index contributed by atoms with van der Waals surface area (Å²) in [5.74, 6) is 0. The Labute approximate surface area is 100 Å². The van der Waals surface area contributed by atoms with Gasteiger partial charge in [-0.3, -0.25) is 0 Å². The second-order valence-corrected chi connectivity index (χ2v) is 4.40. The first-order chi connectivity index (χ1) is 7.83. The molecule has 1 nitrogen and oxygen atoms in total. The summed E-state index contributed by atoms with van der Waals surface area (Å²) in [4.78, 5) is 0. The number of nitrogens with one attached hydrogen (secondary N) is 1. The minimum atomic E-state index is 1.21. The van der Waals surface area contributed by atoms with Gasteiger partial charge in [0.2, 0.25) is 0 Å². The standard InChI is InChI=1S/C15H25N/c1-4-6-9-13-10-8-12-15(16-3)14(13)11-7-5-2/h8,10,12,16H,4-7,9,11H2,1-3H3. The van der Waals surface area contributed by atoms with Crippen molar-refractivity contribution in [3.05, 3.63) is 29.3 Å². The molecular formula is C15H25N. The van der Waals surface area contributed by atoms with Gasteiger partial charge in [-0.2, -0.15) is 0 Å². The summed E-state index contributed by atoms with van der Waals surface area (Å²) >= 11 is 0. The van der Waals surface area contributed by atoms with Crippen molar-refractivity contribution in [3.8, 4) is 0 Å². The smallest absolute Gasteiger partial charge is 0.0372 e. The SMILES string of the molecule is CCCCc1cccc(NC)c1CCCC. The van der Waals surface area contributed by atoms with Crippen molar-refractivity contribution in [3.63, 3.8) is 0 Å². The van der Waals surface area contributed by atoms with Crippen LogP contribution in [0.25, 0.3) is 0 Å². The summed E-state index contributed by atoms with van der Waals surface area (Å²) in [6.45, 7) is 4.52. The minimum absolute atomic E-state index is 1.21. The van der Waals surface area contributed by atoms with Gasteiger partial charge in [0.1, 0.15) is 0 Å². The summed E-state index contributed by atoms with van der Waals surface area (Å²) in [6.07, 6.45) is 7.57. The zero-order valence-corrected chi connectivity index (χ0v) is 11.0. The molecule has 0 radical (unpaired) electrons. The second-order valence-electron chi connectivity index (χ2n) is 4.40. The highest BCUT2D eigenvalue weighted by Crippen LogP contribution is 2.23. The van der Waals surface area contributed by atoms with Gasteiger partial charge in [0, 0.05) is 12.7 Å². The van der Waals surface area contributed by atoms with Crippen molar-refractivity contribution in [2.45, 2.75) is 52.4 Å². The quantitative estimate of drug-likeness (QED) is 0.716. The van der Waals surface area contributed by atoms with Crippen LogP contribution in [0.1, 0.15) is 50.7 Å². The Kier molecular flexibility index (Phi) is 5.99. The number of unbranched alkanes of at least 4 members (excludes halogenated alkanes) is 2. The van der Waals surface area contributed by atoms with E-state index < -0.39 is 0 Å². The fourth-order valence-electron chi connectivity index (χ4n) is 2.12. The summed E-state index contributed by atoms with van der Waals surface area (Å²) < 4.78 is 0. The predicted molar refractivity (Wildman–Crippen MR) is 73.2 cm³/mol. The van der Waals surface area contributed by atoms with Gasteiger partial charge in [-0.25, -0.2) is 0 Å². The number of aryl methyl sites for hydroxylation is 1. The van der Waals surface area contributed by atoms with Gasteiger partial charge in [-0.15, -0.1) is 0 Å². The van der Waals surface area contributed by atoms with Crippen LogP contribution in [-0.2, 0) is 12.8 Å². The molecule has 0 bridgehead atoms. The van der Waals surface area contributed by atoms with Crippen LogP contribution in [0.15, 0.2) is 18.2 Å². The largest absolute Gasteiger partial charge is 0.388 e. The summed E-state index contributed by atoms with van der Waals surface area (Å²) in [5.41, 5.74) is 4.41. The molecule has 16 heavy (non-hydrogen) atoms.